The summed E-state index contributed by atoms with van der Waals surface area (Å²) in [7, 11) is 4.14. The van der Waals surface area contributed by atoms with E-state index < -0.39 is 0 Å². The lowest BCUT2D eigenvalue weighted by atomic mass is 10.1. The number of piperazine rings is 1. The van der Waals surface area contributed by atoms with Gasteiger partial charge in [-0.1, -0.05) is 0 Å². The summed E-state index contributed by atoms with van der Waals surface area (Å²) in [6.07, 6.45) is 5.52. The molecule has 1 aliphatic heterocycles. The molecular weight excluding hydrogens is 302 g/mol. The standard InChI is InChI=1S/C17H21N7/c1-12-14-8-13(9-19-17(14)21-23(12)3)15-10-18-11-16(20-15)24-6-4-22(2)5-7-24/h8-11H,4-7H2,1-3H3/p+1. The molecule has 3 aromatic rings. The molecule has 7 heteroatoms. The Kier molecular flexibility index (Phi) is 3.65. The van der Waals surface area contributed by atoms with Crippen LogP contribution in [0.4, 0.5) is 5.82 Å². The Morgan fingerprint density at radius 2 is 1.92 bits per heavy atom. The van der Waals surface area contributed by atoms with E-state index in [4.69, 9.17) is 4.98 Å². The average Bonchev–Trinajstić information content (AvgIpc) is 2.90. The van der Waals surface area contributed by atoms with E-state index in [1.54, 1.807) is 0 Å². The van der Waals surface area contributed by atoms with Crippen molar-refractivity contribution in [2.45, 2.75) is 6.92 Å². The molecule has 0 saturated carbocycles. The van der Waals surface area contributed by atoms with Crippen LogP contribution in [0.1, 0.15) is 5.69 Å². The van der Waals surface area contributed by atoms with Crippen molar-refractivity contribution in [3.8, 4) is 11.3 Å². The van der Waals surface area contributed by atoms with E-state index in [0.29, 0.717) is 0 Å². The Morgan fingerprint density at radius 3 is 2.71 bits per heavy atom. The zero-order chi connectivity index (χ0) is 16.7. The topological polar surface area (TPSA) is 64.8 Å². The molecule has 0 unspecified atom stereocenters. The fourth-order valence-corrected chi connectivity index (χ4v) is 3.08. The smallest absolute Gasteiger partial charge is 0.213 e. The van der Waals surface area contributed by atoms with Gasteiger partial charge in [0.05, 0.1) is 23.5 Å². The quantitative estimate of drug-likeness (QED) is 0.710. The normalized spacial score (nSPS) is 16.0. The number of aromatic nitrogens is 5. The average molecular weight is 324 g/mol. The number of hydrogen-bond donors (Lipinski definition) is 1. The van der Waals surface area contributed by atoms with Gasteiger partial charge in [0.15, 0.2) is 12.7 Å². The van der Waals surface area contributed by atoms with Gasteiger partial charge < -0.3 is 9.80 Å². The minimum atomic E-state index is 0.865. The molecule has 1 saturated heterocycles. The molecule has 4 rings (SSSR count). The zero-order valence-electron chi connectivity index (χ0n) is 14.3. The number of likely N-dealkylation sites (N-methyl/N-ethyl adjacent to an activating group) is 1. The first-order valence-electron chi connectivity index (χ1n) is 8.22. The summed E-state index contributed by atoms with van der Waals surface area (Å²) in [5.41, 5.74) is 3.90. The number of fused-ring (bicyclic) bond motifs is 1. The minimum Gasteiger partial charge on any atom is -0.353 e. The molecular formula is C17H22N7+. The van der Waals surface area contributed by atoms with Crippen molar-refractivity contribution in [3.05, 3.63) is 30.4 Å². The molecule has 124 valence electrons. The highest BCUT2D eigenvalue weighted by atomic mass is 15.3. The summed E-state index contributed by atoms with van der Waals surface area (Å²) < 4.78 is 1.98. The van der Waals surface area contributed by atoms with Crippen molar-refractivity contribution in [2.24, 2.45) is 7.05 Å². The second-order valence-electron chi connectivity index (χ2n) is 6.43. The molecule has 4 heterocycles. The first kappa shape index (κ1) is 15.0. The SMILES string of the molecule is Cc1c2cc(-c3cncc(N4CCN(C)CC4)n3)cnc2[nH][n+]1C. The lowest BCUT2D eigenvalue weighted by molar-refractivity contribution is -0.730. The van der Waals surface area contributed by atoms with Crippen LogP contribution in [-0.2, 0) is 7.05 Å². The van der Waals surface area contributed by atoms with Gasteiger partial charge in [-0.15, -0.1) is 9.78 Å². The molecule has 7 nitrogen and oxygen atoms in total. The summed E-state index contributed by atoms with van der Waals surface area (Å²) >= 11 is 0. The van der Waals surface area contributed by atoms with E-state index in [-0.39, 0.29) is 0 Å². The molecule has 0 bridgehead atoms. The Hall–Kier alpha value is -2.54. The minimum absolute atomic E-state index is 0.865. The number of pyridine rings is 1. The highest BCUT2D eigenvalue weighted by Gasteiger charge is 2.17. The van der Waals surface area contributed by atoms with E-state index in [2.05, 4.69) is 44.9 Å². The fourth-order valence-electron chi connectivity index (χ4n) is 3.08. The maximum Gasteiger partial charge on any atom is 0.213 e. The van der Waals surface area contributed by atoms with Gasteiger partial charge in [0, 0.05) is 44.9 Å². The summed E-state index contributed by atoms with van der Waals surface area (Å²) in [6.45, 7) is 6.16. The van der Waals surface area contributed by atoms with Gasteiger partial charge >= 0.3 is 0 Å². The number of nitrogens with zero attached hydrogens (tertiary/aromatic N) is 6. The van der Waals surface area contributed by atoms with E-state index in [1.807, 2.05) is 30.3 Å². The van der Waals surface area contributed by atoms with Crippen LogP contribution in [0.25, 0.3) is 22.3 Å². The first-order valence-corrected chi connectivity index (χ1v) is 8.22. The monoisotopic (exact) mass is 324 g/mol. The molecule has 0 amide bonds. The van der Waals surface area contributed by atoms with Gasteiger partial charge in [0.25, 0.3) is 0 Å². The fraction of sp³-hybridized carbons (Fsp3) is 0.412. The number of rotatable bonds is 2. The van der Waals surface area contributed by atoms with E-state index in [9.17, 15) is 0 Å². The molecule has 3 aromatic heterocycles. The van der Waals surface area contributed by atoms with Crippen molar-refractivity contribution < 1.29 is 4.68 Å². The first-order chi connectivity index (χ1) is 11.6. The summed E-state index contributed by atoms with van der Waals surface area (Å²) in [5.74, 6) is 0.942. The number of H-pyrrole nitrogens is 1. The van der Waals surface area contributed by atoms with Gasteiger partial charge in [0.1, 0.15) is 5.82 Å². The molecule has 0 aromatic carbocycles. The van der Waals surface area contributed by atoms with Crippen LogP contribution in [-0.4, -0.2) is 58.2 Å². The van der Waals surface area contributed by atoms with Crippen LogP contribution in [0.5, 0.6) is 0 Å². The molecule has 0 radical (unpaired) electrons. The zero-order valence-corrected chi connectivity index (χ0v) is 14.3. The third kappa shape index (κ3) is 2.60. The molecule has 0 aliphatic carbocycles. The second kappa shape index (κ2) is 5.83. The maximum absolute atomic E-state index is 4.82. The third-order valence-electron chi connectivity index (χ3n) is 4.80. The predicted molar refractivity (Wildman–Crippen MR) is 92.7 cm³/mol. The van der Waals surface area contributed by atoms with E-state index in [1.165, 1.54) is 0 Å². The van der Waals surface area contributed by atoms with Gasteiger partial charge in [-0.05, 0) is 13.1 Å². The Morgan fingerprint density at radius 1 is 1.12 bits per heavy atom. The van der Waals surface area contributed by atoms with Crippen LogP contribution in [0, 0.1) is 6.92 Å². The highest BCUT2D eigenvalue weighted by Crippen LogP contribution is 2.23. The largest absolute Gasteiger partial charge is 0.353 e. The number of hydrogen-bond acceptors (Lipinski definition) is 5. The Bertz CT molecular complexity index is 878. The van der Waals surface area contributed by atoms with Gasteiger partial charge in [0.2, 0.25) is 5.69 Å². The lowest BCUT2D eigenvalue weighted by Crippen LogP contribution is -2.44. The van der Waals surface area contributed by atoms with Crippen LogP contribution in [0.2, 0.25) is 0 Å². The van der Waals surface area contributed by atoms with Gasteiger partial charge in [-0.25, -0.2) is 9.97 Å². The summed E-state index contributed by atoms with van der Waals surface area (Å²) in [5, 5.41) is 4.34. The number of aromatic amines is 1. The van der Waals surface area contributed by atoms with Crippen molar-refractivity contribution in [2.75, 3.05) is 38.1 Å². The van der Waals surface area contributed by atoms with E-state index in [0.717, 1.165) is 60.0 Å². The number of aryl methyl sites for hydroxylation is 2. The number of nitrogens with one attached hydrogen (secondary N) is 1. The van der Waals surface area contributed by atoms with Crippen LogP contribution < -0.4 is 9.58 Å². The molecule has 0 spiro atoms. The number of anilines is 1. The van der Waals surface area contributed by atoms with Crippen molar-refractivity contribution in [1.29, 1.82) is 0 Å². The van der Waals surface area contributed by atoms with Gasteiger partial charge in [-0.2, -0.15) is 0 Å². The third-order valence-corrected chi connectivity index (χ3v) is 4.80. The summed E-state index contributed by atoms with van der Waals surface area (Å²) in [6, 6.07) is 2.13. The Labute approximate surface area is 141 Å². The van der Waals surface area contributed by atoms with Crippen molar-refractivity contribution in [1.82, 2.24) is 25.0 Å². The molecule has 1 N–H and O–H groups in total. The Balaban J connectivity index is 1.69. The van der Waals surface area contributed by atoms with Crippen molar-refractivity contribution >= 4 is 16.9 Å². The van der Waals surface area contributed by atoms with E-state index >= 15 is 0 Å². The van der Waals surface area contributed by atoms with Crippen LogP contribution in [0.15, 0.2) is 24.7 Å². The molecule has 1 fully saturated rings. The lowest BCUT2D eigenvalue weighted by Gasteiger charge is -2.33. The van der Waals surface area contributed by atoms with Crippen LogP contribution in [0.3, 0.4) is 0 Å². The predicted octanol–water partition coefficient (Wildman–Crippen LogP) is 0.905. The molecule has 0 atom stereocenters. The molecule has 1 aliphatic rings. The second-order valence-corrected chi connectivity index (χ2v) is 6.43. The maximum atomic E-state index is 4.82. The van der Waals surface area contributed by atoms with Crippen molar-refractivity contribution in [3.63, 3.8) is 0 Å². The summed E-state index contributed by atoms with van der Waals surface area (Å²) in [4.78, 5) is 18.4. The molecule has 24 heavy (non-hydrogen) atoms. The van der Waals surface area contributed by atoms with Gasteiger partial charge in [-0.3, -0.25) is 4.98 Å². The van der Waals surface area contributed by atoms with Crippen LogP contribution >= 0.6 is 0 Å². The highest BCUT2D eigenvalue weighted by molar-refractivity contribution is 5.81.